The summed E-state index contributed by atoms with van der Waals surface area (Å²) in [6.07, 6.45) is 0.901. The Morgan fingerprint density at radius 1 is 1.17 bits per heavy atom. The normalized spacial score (nSPS) is 16.1. The van der Waals surface area contributed by atoms with Gasteiger partial charge in [0.05, 0.1) is 12.5 Å². The highest BCUT2D eigenvalue weighted by Gasteiger charge is 2.32. The molecule has 1 atom stereocenters. The van der Waals surface area contributed by atoms with E-state index in [4.69, 9.17) is 20.9 Å². The number of para-hydroxylation sites is 1. The van der Waals surface area contributed by atoms with E-state index < -0.39 is 0 Å². The standard InChI is InChI=1S/C19H19N3O2/c1-2-9-23-16-6-4-3-5-13(16)18-14-8-7-12(21)10-17(14)24-19(22)15(18)11-20/h3-8,10,18H,2,9,21-22H2,1H3/t18-/m0/s1. The molecule has 1 heterocycles. The van der Waals surface area contributed by atoms with Crippen LogP contribution in [0.15, 0.2) is 53.9 Å². The fourth-order valence-electron chi connectivity index (χ4n) is 2.85. The number of nitrogens with two attached hydrogens (primary N) is 2. The summed E-state index contributed by atoms with van der Waals surface area (Å²) in [6.45, 7) is 2.66. The first kappa shape index (κ1) is 15.8. The Morgan fingerprint density at radius 3 is 2.71 bits per heavy atom. The maximum atomic E-state index is 9.61. The Morgan fingerprint density at radius 2 is 1.96 bits per heavy atom. The molecular formula is C19H19N3O2. The van der Waals surface area contributed by atoms with E-state index in [1.165, 1.54) is 0 Å². The molecule has 0 aliphatic carbocycles. The van der Waals surface area contributed by atoms with E-state index in [2.05, 4.69) is 6.07 Å². The summed E-state index contributed by atoms with van der Waals surface area (Å²) in [7, 11) is 0. The third-order valence-corrected chi connectivity index (χ3v) is 3.93. The van der Waals surface area contributed by atoms with Crippen LogP contribution in [0.1, 0.15) is 30.4 Å². The number of nitrogens with zero attached hydrogens (tertiary/aromatic N) is 1. The molecule has 0 amide bonds. The third kappa shape index (κ3) is 2.74. The van der Waals surface area contributed by atoms with E-state index >= 15 is 0 Å². The van der Waals surface area contributed by atoms with Crippen molar-refractivity contribution in [3.05, 3.63) is 65.0 Å². The second kappa shape index (κ2) is 6.55. The second-order valence-corrected chi connectivity index (χ2v) is 5.61. The molecule has 0 saturated carbocycles. The van der Waals surface area contributed by atoms with E-state index in [9.17, 15) is 5.26 Å². The van der Waals surface area contributed by atoms with Gasteiger partial charge in [0.15, 0.2) is 0 Å². The number of nitrogen functional groups attached to an aromatic ring is 1. The van der Waals surface area contributed by atoms with Crippen molar-refractivity contribution in [1.29, 1.82) is 5.26 Å². The highest BCUT2D eigenvalue weighted by Crippen LogP contribution is 2.45. The van der Waals surface area contributed by atoms with Gasteiger partial charge in [0, 0.05) is 22.9 Å². The molecule has 1 aliphatic rings. The quantitative estimate of drug-likeness (QED) is 0.843. The molecule has 24 heavy (non-hydrogen) atoms. The van der Waals surface area contributed by atoms with Crippen LogP contribution in [0.3, 0.4) is 0 Å². The molecule has 5 nitrogen and oxygen atoms in total. The van der Waals surface area contributed by atoms with Gasteiger partial charge in [0.2, 0.25) is 5.88 Å². The van der Waals surface area contributed by atoms with Crippen LogP contribution in [0.25, 0.3) is 0 Å². The smallest absolute Gasteiger partial charge is 0.205 e. The van der Waals surface area contributed by atoms with Crippen LogP contribution in [0.2, 0.25) is 0 Å². The van der Waals surface area contributed by atoms with E-state index in [0.717, 1.165) is 23.3 Å². The van der Waals surface area contributed by atoms with E-state index in [-0.39, 0.29) is 11.8 Å². The average Bonchev–Trinajstić information content (AvgIpc) is 2.59. The topological polar surface area (TPSA) is 94.3 Å². The van der Waals surface area contributed by atoms with Gasteiger partial charge in [-0.1, -0.05) is 31.2 Å². The predicted molar refractivity (Wildman–Crippen MR) is 92.4 cm³/mol. The molecule has 0 saturated heterocycles. The van der Waals surface area contributed by atoms with Gasteiger partial charge in [-0.05, 0) is 18.6 Å². The summed E-state index contributed by atoms with van der Waals surface area (Å²) >= 11 is 0. The molecule has 0 spiro atoms. The highest BCUT2D eigenvalue weighted by atomic mass is 16.5. The average molecular weight is 321 g/mol. The Labute approximate surface area is 141 Å². The van der Waals surface area contributed by atoms with E-state index in [1.807, 2.05) is 37.3 Å². The number of benzene rings is 2. The molecule has 3 rings (SSSR count). The van der Waals surface area contributed by atoms with Crippen molar-refractivity contribution in [2.45, 2.75) is 19.3 Å². The van der Waals surface area contributed by atoms with Crippen molar-refractivity contribution in [3.63, 3.8) is 0 Å². The number of anilines is 1. The van der Waals surface area contributed by atoms with Crippen LogP contribution in [0.4, 0.5) is 5.69 Å². The fraction of sp³-hybridized carbons (Fsp3) is 0.211. The SMILES string of the molecule is CCCOc1ccccc1[C@@H]1C(C#N)=C(N)Oc2cc(N)ccc21. The predicted octanol–water partition coefficient (Wildman–Crippen LogP) is 3.28. The van der Waals surface area contributed by atoms with E-state index in [0.29, 0.717) is 23.6 Å². The van der Waals surface area contributed by atoms with Crippen molar-refractivity contribution in [2.75, 3.05) is 12.3 Å². The van der Waals surface area contributed by atoms with Gasteiger partial charge in [-0.25, -0.2) is 0 Å². The number of fused-ring (bicyclic) bond motifs is 1. The largest absolute Gasteiger partial charge is 0.493 e. The number of hydrogen-bond donors (Lipinski definition) is 2. The Balaban J connectivity index is 2.17. The number of nitriles is 1. The molecule has 2 aromatic carbocycles. The van der Waals surface area contributed by atoms with Crippen LogP contribution in [0, 0.1) is 11.3 Å². The van der Waals surface area contributed by atoms with Crippen molar-refractivity contribution >= 4 is 5.69 Å². The van der Waals surface area contributed by atoms with Gasteiger partial charge >= 0.3 is 0 Å². The lowest BCUT2D eigenvalue weighted by Gasteiger charge is -2.27. The molecule has 2 aromatic rings. The molecule has 1 aliphatic heterocycles. The minimum Gasteiger partial charge on any atom is -0.493 e. The summed E-state index contributed by atoms with van der Waals surface area (Å²) in [5.74, 6) is 1.08. The van der Waals surface area contributed by atoms with Crippen molar-refractivity contribution in [3.8, 4) is 17.6 Å². The van der Waals surface area contributed by atoms with Gasteiger partial charge in [-0.2, -0.15) is 5.26 Å². The highest BCUT2D eigenvalue weighted by molar-refractivity contribution is 5.61. The molecule has 4 N–H and O–H groups in total. The van der Waals surface area contributed by atoms with Crippen LogP contribution >= 0.6 is 0 Å². The number of allylic oxidation sites excluding steroid dienone is 1. The minimum absolute atomic E-state index is 0.103. The first-order chi connectivity index (χ1) is 11.7. The molecule has 0 bridgehead atoms. The van der Waals surface area contributed by atoms with Crippen molar-refractivity contribution in [2.24, 2.45) is 5.73 Å². The zero-order valence-electron chi connectivity index (χ0n) is 13.5. The lowest BCUT2D eigenvalue weighted by molar-refractivity contribution is 0.313. The summed E-state index contributed by atoms with van der Waals surface area (Å²) in [6, 6.07) is 15.3. The third-order valence-electron chi connectivity index (χ3n) is 3.93. The lowest BCUT2D eigenvalue weighted by Crippen LogP contribution is -2.21. The summed E-state index contributed by atoms with van der Waals surface area (Å²) in [5, 5.41) is 9.61. The molecule has 122 valence electrons. The monoisotopic (exact) mass is 321 g/mol. The molecule has 0 radical (unpaired) electrons. The first-order valence-corrected chi connectivity index (χ1v) is 7.84. The van der Waals surface area contributed by atoms with Crippen LogP contribution in [-0.4, -0.2) is 6.61 Å². The van der Waals surface area contributed by atoms with Crippen LogP contribution in [0.5, 0.6) is 11.5 Å². The van der Waals surface area contributed by atoms with Gasteiger partial charge in [-0.15, -0.1) is 0 Å². The van der Waals surface area contributed by atoms with Gasteiger partial charge in [0.1, 0.15) is 23.1 Å². The summed E-state index contributed by atoms with van der Waals surface area (Å²) in [5.41, 5.74) is 14.5. The maximum absolute atomic E-state index is 9.61. The van der Waals surface area contributed by atoms with E-state index in [1.54, 1.807) is 12.1 Å². The number of hydrogen-bond acceptors (Lipinski definition) is 5. The minimum atomic E-state index is -0.340. The van der Waals surface area contributed by atoms with Gasteiger partial charge in [-0.3, -0.25) is 0 Å². The molecule has 0 aromatic heterocycles. The van der Waals surface area contributed by atoms with Crippen LogP contribution in [-0.2, 0) is 0 Å². The van der Waals surface area contributed by atoms with Crippen molar-refractivity contribution in [1.82, 2.24) is 0 Å². The van der Waals surface area contributed by atoms with Gasteiger partial charge < -0.3 is 20.9 Å². The van der Waals surface area contributed by atoms with Gasteiger partial charge in [0.25, 0.3) is 0 Å². The maximum Gasteiger partial charge on any atom is 0.205 e. The Kier molecular flexibility index (Phi) is 4.30. The molecular weight excluding hydrogens is 302 g/mol. The number of rotatable bonds is 4. The Hall–Kier alpha value is -3.13. The van der Waals surface area contributed by atoms with Crippen molar-refractivity contribution < 1.29 is 9.47 Å². The lowest BCUT2D eigenvalue weighted by atomic mass is 9.83. The zero-order valence-corrected chi connectivity index (χ0v) is 13.5. The van der Waals surface area contributed by atoms with Crippen LogP contribution < -0.4 is 20.9 Å². The number of ether oxygens (including phenoxy) is 2. The summed E-state index contributed by atoms with van der Waals surface area (Å²) < 4.78 is 11.5. The second-order valence-electron chi connectivity index (χ2n) is 5.61. The molecule has 0 fully saturated rings. The molecule has 0 unspecified atom stereocenters. The summed E-state index contributed by atoms with van der Waals surface area (Å²) in [4.78, 5) is 0. The first-order valence-electron chi connectivity index (χ1n) is 7.84. The zero-order chi connectivity index (χ0) is 17.1. The molecule has 5 heteroatoms. The fourth-order valence-corrected chi connectivity index (χ4v) is 2.85. The Bertz CT molecular complexity index is 837.